The van der Waals surface area contributed by atoms with Gasteiger partial charge in [-0.25, -0.2) is 8.78 Å². The molecule has 0 unspecified atom stereocenters. The smallest absolute Gasteiger partial charge is 0.257 e. The summed E-state index contributed by atoms with van der Waals surface area (Å²) in [5.41, 5.74) is 4.98. The van der Waals surface area contributed by atoms with Gasteiger partial charge in [0.05, 0.1) is 17.9 Å². The second kappa shape index (κ2) is 7.93. The predicted molar refractivity (Wildman–Crippen MR) is 78.1 cm³/mol. The first kappa shape index (κ1) is 17.4. The lowest BCUT2D eigenvalue weighted by atomic mass is 10.1. The molecule has 1 amide bonds. The highest BCUT2D eigenvalue weighted by molar-refractivity contribution is 5.95. The van der Waals surface area contributed by atoms with E-state index >= 15 is 0 Å². The van der Waals surface area contributed by atoms with Crippen LogP contribution in [-0.4, -0.2) is 37.1 Å². The fourth-order valence-electron chi connectivity index (χ4n) is 2.25. The van der Waals surface area contributed by atoms with Crippen molar-refractivity contribution in [3.63, 3.8) is 0 Å². The van der Waals surface area contributed by atoms with Gasteiger partial charge in [-0.05, 0) is 18.9 Å². The average Bonchev–Trinajstić information content (AvgIpc) is 2.46. The maximum absolute atomic E-state index is 13.9. The average molecular weight is 300 g/mol. The molecule has 1 rings (SSSR count). The number of rotatable bonds is 7. The van der Waals surface area contributed by atoms with Gasteiger partial charge in [-0.2, -0.15) is 0 Å². The number of hydrogen-bond acceptors (Lipinski definition) is 3. The Hall–Kier alpha value is -1.69. The molecule has 1 aromatic carbocycles. The molecule has 0 aromatic heterocycles. The molecular weight excluding hydrogens is 278 g/mol. The molecule has 0 spiro atoms. The molecule has 0 aliphatic heterocycles. The number of nitrogens with two attached hydrogens (primary N) is 1. The van der Waals surface area contributed by atoms with Gasteiger partial charge in [-0.15, -0.1) is 0 Å². The van der Waals surface area contributed by atoms with Crippen molar-refractivity contribution in [3.8, 4) is 0 Å². The summed E-state index contributed by atoms with van der Waals surface area (Å²) in [4.78, 5) is 14.1. The van der Waals surface area contributed by atoms with Gasteiger partial charge < -0.3 is 15.4 Å². The van der Waals surface area contributed by atoms with Gasteiger partial charge in [0.15, 0.2) is 0 Å². The van der Waals surface area contributed by atoms with Crippen LogP contribution in [0.2, 0.25) is 0 Å². The molecule has 0 saturated heterocycles. The summed E-state index contributed by atoms with van der Waals surface area (Å²) < 4.78 is 32.1. The van der Waals surface area contributed by atoms with Gasteiger partial charge in [0.2, 0.25) is 0 Å². The monoisotopic (exact) mass is 300 g/mol. The lowest BCUT2D eigenvalue weighted by Gasteiger charge is -2.30. The van der Waals surface area contributed by atoms with E-state index in [-0.39, 0.29) is 17.3 Å². The molecule has 6 heteroatoms. The zero-order valence-electron chi connectivity index (χ0n) is 12.7. The number of nitrogen functional groups attached to an aromatic ring is 1. The molecule has 0 aliphatic rings. The van der Waals surface area contributed by atoms with Crippen molar-refractivity contribution in [1.29, 1.82) is 0 Å². The number of benzene rings is 1. The van der Waals surface area contributed by atoms with E-state index in [4.69, 9.17) is 10.5 Å². The Morgan fingerprint density at radius 3 is 2.43 bits per heavy atom. The lowest BCUT2D eigenvalue weighted by molar-refractivity contribution is 0.0585. The van der Waals surface area contributed by atoms with Gasteiger partial charge in [0, 0.05) is 25.8 Å². The number of hydrogen-bond donors (Lipinski definition) is 1. The lowest BCUT2D eigenvalue weighted by Crippen LogP contribution is -2.42. The van der Waals surface area contributed by atoms with Crippen LogP contribution in [0.4, 0.5) is 14.5 Å². The number of anilines is 1. The number of methoxy groups -OCH3 is 1. The molecule has 4 nitrogen and oxygen atoms in total. The Balaban J connectivity index is 3.12. The number of nitrogens with zero attached hydrogens (tertiary/aromatic N) is 1. The van der Waals surface area contributed by atoms with Crippen LogP contribution in [-0.2, 0) is 4.74 Å². The third-order valence-corrected chi connectivity index (χ3v) is 3.50. The fourth-order valence-corrected chi connectivity index (χ4v) is 2.25. The van der Waals surface area contributed by atoms with Crippen molar-refractivity contribution in [1.82, 2.24) is 4.90 Å². The maximum Gasteiger partial charge on any atom is 0.257 e. The highest BCUT2D eigenvalue weighted by Crippen LogP contribution is 2.20. The SMILES string of the molecule is CCC(CC)N(CCOC)C(=O)c1cc(N)c(F)cc1F. The summed E-state index contributed by atoms with van der Waals surface area (Å²) in [7, 11) is 1.53. The van der Waals surface area contributed by atoms with Crippen LogP contribution in [0.5, 0.6) is 0 Å². The molecule has 1 aromatic rings. The standard InChI is InChI=1S/C15H22F2N2O2/c1-4-10(5-2)19(6-7-21-3)15(20)11-8-14(18)13(17)9-12(11)16/h8-10H,4-7,18H2,1-3H3. The van der Waals surface area contributed by atoms with Gasteiger partial charge in [0.1, 0.15) is 11.6 Å². The van der Waals surface area contributed by atoms with E-state index in [1.165, 1.54) is 7.11 Å². The van der Waals surface area contributed by atoms with Crippen molar-refractivity contribution < 1.29 is 18.3 Å². The topological polar surface area (TPSA) is 55.6 Å². The number of carbonyl (C=O) groups excluding carboxylic acids is 1. The van der Waals surface area contributed by atoms with Gasteiger partial charge in [-0.1, -0.05) is 13.8 Å². The Morgan fingerprint density at radius 1 is 1.29 bits per heavy atom. The number of amides is 1. The summed E-state index contributed by atoms with van der Waals surface area (Å²) in [6.45, 7) is 4.60. The fraction of sp³-hybridized carbons (Fsp3) is 0.533. The first-order valence-electron chi connectivity index (χ1n) is 7.00. The molecule has 0 saturated carbocycles. The Labute approximate surface area is 123 Å². The van der Waals surface area contributed by atoms with E-state index in [1.807, 2.05) is 13.8 Å². The molecule has 0 fully saturated rings. The van der Waals surface area contributed by atoms with Crippen LogP contribution in [0.15, 0.2) is 12.1 Å². The van der Waals surface area contributed by atoms with Crippen molar-refractivity contribution in [3.05, 3.63) is 29.3 Å². The Bertz CT molecular complexity index is 491. The highest BCUT2D eigenvalue weighted by atomic mass is 19.1. The molecule has 21 heavy (non-hydrogen) atoms. The highest BCUT2D eigenvalue weighted by Gasteiger charge is 2.25. The first-order valence-corrected chi connectivity index (χ1v) is 7.00. The predicted octanol–water partition coefficient (Wildman–Crippen LogP) is 2.82. The van der Waals surface area contributed by atoms with Crippen LogP contribution >= 0.6 is 0 Å². The summed E-state index contributed by atoms with van der Waals surface area (Å²) >= 11 is 0. The van der Waals surface area contributed by atoms with E-state index in [9.17, 15) is 13.6 Å². The zero-order chi connectivity index (χ0) is 16.0. The van der Waals surface area contributed by atoms with Crippen molar-refractivity contribution in [2.75, 3.05) is 26.0 Å². The van der Waals surface area contributed by atoms with Crippen LogP contribution < -0.4 is 5.73 Å². The van der Waals surface area contributed by atoms with Crippen LogP contribution in [0.25, 0.3) is 0 Å². The van der Waals surface area contributed by atoms with Crippen LogP contribution in [0.3, 0.4) is 0 Å². The molecule has 0 heterocycles. The Morgan fingerprint density at radius 2 is 1.90 bits per heavy atom. The summed E-state index contributed by atoms with van der Waals surface area (Å²) in [5, 5.41) is 0. The molecule has 0 aliphatic carbocycles. The van der Waals surface area contributed by atoms with Gasteiger partial charge in [-0.3, -0.25) is 4.79 Å². The van der Waals surface area contributed by atoms with Crippen molar-refractivity contribution in [2.24, 2.45) is 0 Å². The second-order valence-electron chi connectivity index (χ2n) is 4.82. The maximum atomic E-state index is 13.9. The summed E-state index contributed by atoms with van der Waals surface area (Å²) in [6.07, 6.45) is 1.48. The minimum absolute atomic E-state index is 0.0293. The molecular formula is C15H22F2N2O2. The van der Waals surface area contributed by atoms with E-state index in [0.717, 1.165) is 18.9 Å². The zero-order valence-corrected chi connectivity index (χ0v) is 12.7. The van der Waals surface area contributed by atoms with Crippen LogP contribution in [0, 0.1) is 11.6 Å². The third-order valence-electron chi connectivity index (χ3n) is 3.50. The number of ether oxygens (including phenoxy) is 1. The normalized spacial score (nSPS) is 11.0. The quantitative estimate of drug-likeness (QED) is 0.788. The number of halogens is 2. The molecule has 0 radical (unpaired) electrons. The largest absolute Gasteiger partial charge is 0.396 e. The van der Waals surface area contributed by atoms with Gasteiger partial charge >= 0.3 is 0 Å². The molecule has 118 valence electrons. The molecule has 0 bridgehead atoms. The number of carbonyl (C=O) groups is 1. The Kier molecular flexibility index (Phi) is 6.55. The van der Waals surface area contributed by atoms with E-state index in [0.29, 0.717) is 19.2 Å². The molecule has 0 atom stereocenters. The van der Waals surface area contributed by atoms with E-state index in [2.05, 4.69) is 0 Å². The van der Waals surface area contributed by atoms with Crippen molar-refractivity contribution in [2.45, 2.75) is 32.7 Å². The minimum atomic E-state index is -0.903. The van der Waals surface area contributed by atoms with Crippen LogP contribution in [0.1, 0.15) is 37.0 Å². The summed E-state index contributed by atoms with van der Waals surface area (Å²) in [5.74, 6) is -2.26. The molecule has 2 N–H and O–H groups in total. The summed E-state index contributed by atoms with van der Waals surface area (Å²) in [6, 6.07) is 1.66. The second-order valence-corrected chi connectivity index (χ2v) is 4.82. The van der Waals surface area contributed by atoms with E-state index < -0.39 is 17.5 Å². The first-order chi connectivity index (χ1) is 9.96. The van der Waals surface area contributed by atoms with Gasteiger partial charge in [0.25, 0.3) is 5.91 Å². The third kappa shape index (κ3) is 4.14. The van der Waals surface area contributed by atoms with E-state index in [1.54, 1.807) is 4.90 Å². The minimum Gasteiger partial charge on any atom is -0.396 e. The van der Waals surface area contributed by atoms with Crippen molar-refractivity contribution >= 4 is 11.6 Å².